The monoisotopic (exact) mass is 224 g/mol. The second-order valence-electron chi connectivity index (χ2n) is 4.10. The van der Waals surface area contributed by atoms with Crippen molar-refractivity contribution in [2.75, 3.05) is 20.1 Å². The van der Waals surface area contributed by atoms with Crippen LogP contribution < -0.4 is 5.32 Å². The maximum Gasteiger partial charge on any atom is 0.0451 e. The van der Waals surface area contributed by atoms with Gasteiger partial charge in [-0.25, -0.2) is 0 Å². The number of nitrogens with zero attached hydrogens (tertiary/aromatic N) is 1. The van der Waals surface area contributed by atoms with E-state index in [1.165, 1.54) is 12.0 Å². The lowest BCUT2D eigenvalue weighted by Gasteiger charge is -2.16. The van der Waals surface area contributed by atoms with Crippen molar-refractivity contribution in [1.29, 1.82) is 0 Å². The van der Waals surface area contributed by atoms with E-state index >= 15 is 0 Å². The average molecular weight is 225 g/mol. The van der Waals surface area contributed by atoms with Crippen molar-refractivity contribution in [2.45, 2.75) is 19.0 Å². The summed E-state index contributed by atoms with van der Waals surface area (Å²) in [4.78, 5) is 2.45. The second-order valence-corrected chi connectivity index (χ2v) is 4.51. The minimum Gasteiger partial charge on any atom is -0.316 e. The topological polar surface area (TPSA) is 15.3 Å². The average Bonchev–Trinajstić information content (AvgIpc) is 2.69. The Morgan fingerprint density at radius 1 is 1.47 bits per heavy atom. The number of likely N-dealkylation sites (tertiary alicyclic amines) is 1. The molecule has 0 saturated carbocycles. The highest BCUT2D eigenvalue weighted by Gasteiger charge is 2.20. The molecule has 3 heteroatoms. The number of nitrogens with one attached hydrogen (secondary N) is 1. The van der Waals surface area contributed by atoms with Crippen LogP contribution in [0.1, 0.15) is 12.0 Å². The van der Waals surface area contributed by atoms with Crippen molar-refractivity contribution in [3.63, 3.8) is 0 Å². The molecule has 15 heavy (non-hydrogen) atoms. The van der Waals surface area contributed by atoms with Crippen molar-refractivity contribution < 1.29 is 0 Å². The van der Waals surface area contributed by atoms with Gasteiger partial charge in [-0.15, -0.1) is 0 Å². The summed E-state index contributed by atoms with van der Waals surface area (Å²) >= 11 is 6.13. The molecule has 1 N–H and O–H groups in total. The second kappa shape index (κ2) is 4.97. The quantitative estimate of drug-likeness (QED) is 0.847. The van der Waals surface area contributed by atoms with Crippen LogP contribution in [-0.4, -0.2) is 31.1 Å². The number of hydrogen-bond acceptors (Lipinski definition) is 2. The van der Waals surface area contributed by atoms with Gasteiger partial charge >= 0.3 is 0 Å². The SMILES string of the molecule is CN[C@@H]1CCN(Cc2ccccc2Cl)C1. The van der Waals surface area contributed by atoms with Gasteiger partial charge in [0.1, 0.15) is 0 Å². The summed E-state index contributed by atoms with van der Waals surface area (Å²) in [6, 6.07) is 8.74. The van der Waals surface area contributed by atoms with Gasteiger partial charge in [-0.3, -0.25) is 4.90 Å². The maximum atomic E-state index is 6.13. The fourth-order valence-corrected chi connectivity index (χ4v) is 2.27. The molecule has 1 aliphatic rings. The van der Waals surface area contributed by atoms with Crippen molar-refractivity contribution in [2.24, 2.45) is 0 Å². The zero-order chi connectivity index (χ0) is 10.7. The molecule has 0 bridgehead atoms. The summed E-state index contributed by atoms with van der Waals surface area (Å²) in [6.07, 6.45) is 1.24. The molecule has 1 aromatic carbocycles. The summed E-state index contributed by atoms with van der Waals surface area (Å²) in [5, 5.41) is 4.20. The Kier molecular flexibility index (Phi) is 3.62. The maximum absolute atomic E-state index is 6.13. The molecule has 82 valence electrons. The lowest BCUT2D eigenvalue weighted by molar-refractivity contribution is 0.322. The molecule has 1 saturated heterocycles. The normalized spacial score (nSPS) is 22.1. The van der Waals surface area contributed by atoms with E-state index < -0.39 is 0 Å². The Bertz CT molecular complexity index is 327. The Morgan fingerprint density at radius 2 is 2.27 bits per heavy atom. The van der Waals surface area contributed by atoms with Crippen molar-refractivity contribution in [1.82, 2.24) is 10.2 Å². The third kappa shape index (κ3) is 2.71. The van der Waals surface area contributed by atoms with Gasteiger partial charge in [-0.05, 0) is 25.1 Å². The van der Waals surface area contributed by atoms with E-state index in [0.717, 1.165) is 24.7 Å². The van der Waals surface area contributed by atoms with Gasteiger partial charge in [0.2, 0.25) is 0 Å². The van der Waals surface area contributed by atoms with E-state index in [1.807, 2.05) is 25.2 Å². The molecule has 1 aromatic rings. The molecular weight excluding hydrogens is 208 g/mol. The molecule has 0 spiro atoms. The standard InChI is InChI=1S/C12H17ClN2/c1-14-11-6-7-15(9-11)8-10-4-2-3-5-12(10)13/h2-5,11,14H,6-9H2,1H3/t11-/m1/s1. The Hall–Kier alpha value is -0.570. The first-order valence-corrected chi connectivity index (χ1v) is 5.80. The molecule has 2 nitrogen and oxygen atoms in total. The summed E-state index contributed by atoms with van der Waals surface area (Å²) in [6.45, 7) is 3.26. The predicted octanol–water partition coefficient (Wildman–Crippen LogP) is 2.13. The Labute approximate surface area is 96.2 Å². The number of likely N-dealkylation sites (N-methyl/N-ethyl adjacent to an activating group) is 1. The van der Waals surface area contributed by atoms with Gasteiger partial charge < -0.3 is 5.32 Å². The molecule has 0 unspecified atom stereocenters. The van der Waals surface area contributed by atoms with E-state index in [4.69, 9.17) is 11.6 Å². The number of hydrogen-bond donors (Lipinski definition) is 1. The molecular formula is C12H17ClN2. The summed E-state index contributed by atoms with van der Waals surface area (Å²) < 4.78 is 0. The van der Waals surface area contributed by atoms with Crippen LogP contribution in [0.25, 0.3) is 0 Å². The molecule has 1 heterocycles. The number of rotatable bonds is 3. The van der Waals surface area contributed by atoms with Crippen molar-refractivity contribution in [3.05, 3.63) is 34.9 Å². The van der Waals surface area contributed by atoms with Crippen LogP contribution >= 0.6 is 11.6 Å². The van der Waals surface area contributed by atoms with Crippen molar-refractivity contribution >= 4 is 11.6 Å². The smallest absolute Gasteiger partial charge is 0.0451 e. The van der Waals surface area contributed by atoms with Crippen LogP contribution in [0.2, 0.25) is 5.02 Å². The molecule has 0 aliphatic carbocycles. The zero-order valence-corrected chi connectivity index (χ0v) is 9.80. The first kappa shape index (κ1) is 10.9. The third-order valence-electron chi connectivity index (χ3n) is 3.03. The first-order chi connectivity index (χ1) is 7.29. The van der Waals surface area contributed by atoms with E-state index in [2.05, 4.69) is 16.3 Å². The summed E-state index contributed by atoms with van der Waals surface area (Å²) in [7, 11) is 2.03. The van der Waals surface area contributed by atoms with Crippen LogP contribution in [0.15, 0.2) is 24.3 Å². The fourth-order valence-electron chi connectivity index (χ4n) is 2.08. The van der Waals surface area contributed by atoms with E-state index in [0.29, 0.717) is 6.04 Å². The number of halogens is 1. The van der Waals surface area contributed by atoms with Crippen molar-refractivity contribution in [3.8, 4) is 0 Å². The van der Waals surface area contributed by atoms with Gasteiger partial charge in [-0.2, -0.15) is 0 Å². The van der Waals surface area contributed by atoms with Crippen LogP contribution in [0.4, 0.5) is 0 Å². The first-order valence-electron chi connectivity index (χ1n) is 5.42. The highest BCUT2D eigenvalue weighted by molar-refractivity contribution is 6.31. The molecule has 0 aromatic heterocycles. The molecule has 1 aliphatic heterocycles. The highest BCUT2D eigenvalue weighted by atomic mass is 35.5. The highest BCUT2D eigenvalue weighted by Crippen LogP contribution is 2.19. The Balaban J connectivity index is 1.96. The summed E-state index contributed by atoms with van der Waals surface area (Å²) in [5.41, 5.74) is 1.23. The summed E-state index contributed by atoms with van der Waals surface area (Å²) in [5.74, 6) is 0. The zero-order valence-electron chi connectivity index (χ0n) is 9.04. The van der Waals surface area contributed by atoms with Crippen LogP contribution in [0, 0.1) is 0 Å². The number of benzene rings is 1. The molecule has 0 amide bonds. The van der Waals surface area contributed by atoms with E-state index in [1.54, 1.807) is 0 Å². The van der Waals surface area contributed by atoms with Crippen LogP contribution in [0.5, 0.6) is 0 Å². The lowest BCUT2D eigenvalue weighted by Crippen LogP contribution is -2.29. The molecule has 1 atom stereocenters. The van der Waals surface area contributed by atoms with Gasteiger partial charge in [0.25, 0.3) is 0 Å². The van der Waals surface area contributed by atoms with Gasteiger partial charge in [0.05, 0.1) is 0 Å². The lowest BCUT2D eigenvalue weighted by atomic mass is 10.2. The molecule has 2 rings (SSSR count). The molecule has 0 radical (unpaired) electrons. The van der Waals surface area contributed by atoms with Crippen LogP contribution in [-0.2, 0) is 6.54 Å². The largest absolute Gasteiger partial charge is 0.316 e. The molecule has 1 fully saturated rings. The van der Waals surface area contributed by atoms with E-state index in [-0.39, 0.29) is 0 Å². The Morgan fingerprint density at radius 3 is 2.93 bits per heavy atom. The third-order valence-corrected chi connectivity index (χ3v) is 3.40. The van der Waals surface area contributed by atoms with Crippen LogP contribution in [0.3, 0.4) is 0 Å². The fraction of sp³-hybridized carbons (Fsp3) is 0.500. The predicted molar refractivity (Wildman–Crippen MR) is 64.2 cm³/mol. The minimum atomic E-state index is 0.646. The van der Waals surface area contributed by atoms with Gasteiger partial charge in [-0.1, -0.05) is 29.8 Å². The van der Waals surface area contributed by atoms with E-state index in [9.17, 15) is 0 Å². The van der Waals surface area contributed by atoms with Gasteiger partial charge in [0, 0.05) is 30.7 Å². The van der Waals surface area contributed by atoms with Gasteiger partial charge in [0.15, 0.2) is 0 Å². The minimum absolute atomic E-state index is 0.646.